The number of hydrogen-bond donors (Lipinski definition) is 2. The summed E-state index contributed by atoms with van der Waals surface area (Å²) in [7, 11) is 1.50. The van der Waals surface area contributed by atoms with E-state index >= 15 is 0 Å². The normalized spacial score (nSPS) is 15.2. The molecule has 4 amide bonds. The van der Waals surface area contributed by atoms with Crippen molar-refractivity contribution in [2.75, 3.05) is 13.7 Å². The summed E-state index contributed by atoms with van der Waals surface area (Å²) in [4.78, 5) is 38.7. The van der Waals surface area contributed by atoms with Crippen molar-refractivity contribution in [3.8, 4) is 17.2 Å². The van der Waals surface area contributed by atoms with E-state index in [9.17, 15) is 19.5 Å². The SMILES string of the molecule is CCCOc1ccc(CN2C(=O)NC(=O)/C(=C\c3cc(Br)c(O)c(Br)c3)C2=O)cc1OC. The molecule has 0 atom stereocenters. The predicted molar refractivity (Wildman–Crippen MR) is 124 cm³/mol. The van der Waals surface area contributed by atoms with Crippen molar-refractivity contribution in [2.24, 2.45) is 0 Å². The quantitative estimate of drug-likeness (QED) is 0.380. The van der Waals surface area contributed by atoms with Crippen LogP contribution in [0, 0.1) is 0 Å². The summed E-state index contributed by atoms with van der Waals surface area (Å²) < 4.78 is 11.7. The summed E-state index contributed by atoms with van der Waals surface area (Å²) >= 11 is 6.42. The third-order valence-electron chi connectivity index (χ3n) is 4.57. The molecule has 1 fully saturated rings. The molecule has 0 spiro atoms. The average molecular weight is 568 g/mol. The van der Waals surface area contributed by atoms with Gasteiger partial charge in [0.05, 0.1) is 29.2 Å². The highest BCUT2D eigenvalue weighted by molar-refractivity contribution is 9.11. The van der Waals surface area contributed by atoms with Crippen LogP contribution in [-0.4, -0.2) is 41.6 Å². The molecule has 2 aromatic rings. The zero-order chi connectivity index (χ0) is 23.4. The zero-order valence-electron chi connectivity index (χ0n) is 17.3. The van der Waals surface area contributed by atoms with E-state index < -0.39 is 17.8 Å². The lowest BCUT2D eigenvalue weighted by Crippen LogP contribution is -2.53. The molecule has 8 nitrogen and oxygen atoms in total. The number of hydrogen-bond acceptors (Lipinski definition) is 6. The number of rotatable bonds is 7. The predicted octanol–water partition coefficient (Wildman–Crippen LogP) is 4.38. The van der Waals surface area contributed by atoms with Gasteiger partial charge >= 0.3 is 6.03 Å². The second-order valence-electron chi connectivity index (χ2n) is 6.88. The minimum Gasteiger partial charge on any atom is -0.506 e. The summed E-state index contributed by atoms with van der Waals surface area (Å²) in [6.45, 7) is 2.45. The molecule has 0 aromatic heterocycles. The fourth-order valence-corrected chi connectivity index (χ4v) is 4.22. The third kappa shape index (κ3) is 5.13. The molecule has 32 heavy (non-hydrogen) atoms. The molecule has 0 bridgehead atoms. The Morgan fingerprint density at radius 2 is 1.78 bits per heavy atom. The van der Waals surface area contributed by atoms with Crippen molar-refractivity contribution in [1.82, 2.24) is 10.2 Å². The van der Waals surface area contributed by atoms with Crippen molar-refractivity contribution in [3.05, 3.63) is 56.0 Å². The van der Waals surface area contributed by atoms with E-state index in [0.717, 1.165) is 11.3 Å². The number of amides is 4. The second-order valence-corrected chi connectivity index (χ2v) is 8.58. The largest absolute Gasteiger partial charge is 0.506 e. The van der Waals surface area contributed by atoms with E-state index in [1.54, 1.807) is 30.3 Å². The Kier molecular flexibility index (Phi) is 7.57. The van der Waals surface area contributed by atoms with Crippen LogP contribution < -0.4 is 14.8 Å². The molecule has 2 aromatic carbocycles. The number of nitrogens with one attached hydrogen (secondary N) is 1. The number of barbiturate groups is 1. The summed E-state index contributed by atoms with van der Waals surface area (Å²) in [6.07, 6.45) is 2.19. The van der Waals surface area contributed by atoms with Crippen LogP contribution in [-0.2, 0) is 16.1 Å². The number of benzene rings is 2. The molecule has 0 saturated carbocycles. The number of ether oxygens (including phenoxy) is 2. The summed E-state index contributed by atoms with van der Waals surface area (Å²) in [5, 5.41) is 12.0. The van der Waals surface area contributed by atoms with Gasteiger partial charge in [0.1, 0.15) is 11.3 Å². The zero-order valence-corrected chi connectivity index (χ0v) is 20.4. The molecule has 0 unspecified atom stereocenters. The molecule has 1 saturated heterocycles. The monoisotopic (exact) mass is 566 g/mol. The van der Waals surface area contributed by atoms with Gasteiger partial charge in [-0.25, -0.2) is 4.79 Å². The number of urea groups is 1. The van der Waals surface area contributed by atoms with Gasteiger partial charge in [0, 0.05) is 0 Å². The number of nitrogens with zero attached hydrogens (tertiary/aromatic N) is 1. The van der Waals surface area contributed by atoms with E-state index in [1.165, 1.54) is 13.2 Å². The van der Waals surface area contributed by atoms with Gasteiger partial charge in [0.25, 0.3) is 11.8 Å². The van der Waals surface area contributed by atoms with Crippen molar-refractivity contribution in [3.63, 3.8) is 0 Å². The summed E-state index contributed by atoms with van der Waals surface area (Å²) in [6, 6.07) is 7.41. The van der Waals surface area contributed by atoms with E-state index in [1.807, 2.05) is 6.92 Å². The average Bonchev–Trinajstić information content (AvgIpc) is 2.76. The third-order valence-corrected chi connectivity index (χ3v) is 5.78. The van der Waals surface area contributed by atoms with Crippen LogP contribution in [0.2, 0.25) is 0 Å². The summed E-state index contributed by atoms with van der Waals surface area (Å²) in [5.41, 5.74) is 0.899. The first kappa shape index (κ1) is 23.8. The first-order valence-corrected chi connectivity index (χ1v) is 11.2. The van der Waals surface area contributed by atoms with Crippen LogP contribution in [0.1, 0.15) is 24.5 Å². The van der Waals surface area contributed by atoms with E-state index in [4.69, 9.17) is 9.47 Å². The minimum absolute atomic E-state index is 0.0105. The molecule has 3 rings (SSSR count). The Morgan fingerprint density at radius 1 is 1.09 bits per heavy atom. The topological polar surface area (TPSA) is 105 Å². The van der Waals surface area contributed by atoms with Gasteiger partial charge in [0.2, 0.25) is 0 Å². The van der Waals surface area contributed by atoms with Gasteiger partial charge < -0.3 is 14.6 Å². The first-order chi connectivity index (χ1) is 15.2. The number of carbonyl (C=O) groups is 3. The van der Waals surface area contributed by atoms with Crippen molar-refractivity contribution in [2.45, 2.75) is 19.9 Å². The maximum Gasteiger partial charge on any atom is 0.331 e. The van der Waals surface area contributed by atoms with Gasteiger partial charge in [-0.15, -0.1) is 0 Å². The first-order valence-electron chi connectivity index (χ1n) is 9.61. The maximum atomic E-state index is 13.0. The standard InChI is InChI=1S/C22H20Br2N2O6/c1-3-6-32-17-5-4-12(10-18(17)31-2)11-26-21(29)14(20(28)25-22(26)30)7-13-8-15(23)19(27)16(24)9-13/h4-5,7-10,27H,3,6,11H2,1-2H3,(H,25,28,30)/b14-7+. The van der Waals surface area contributed by atoms with Gasteiger partial charge in [-0.3, -0.25) is 19.8 Å². The minimum atomic E-state index is -0.810. The van der Waals surface area contributed by atoms with Crippen LogP contribution in [0.3, 0.4) is 0 Å². The van der Waals surface area contributed by atoms with Gasteiger partial charge in [-0.1, -0.05) is 13.0 Å². The molecule has 2 N–H and O–H groups in total. The van der Waals surface area contributed by atoms with Crippen LogP contribution >= 0.6 is 31.9 Å². The smallest absolute Gasteiger partial charge is 0.331 e. The maximum absolute atomic E-state index is 13.0. The Hall–Kier alpha value is -2.85. The highest BCUT2D eigenvalue weighted by atomic mass is 79.9. The van der Waals surface area contributed by atoms with Gasteiger partial charge in [-0.05, 0) is 79.7 Å². The highest BCUT2D eigenvalue weighted by Gasteiger charge is 2.35. The lowest BCUT2D eigenvalue weighted by Gasteiger charge is -2.26. The Labute approximate surface area is 201 Å². The molecule has 1 aliphatic rings. The molecule has 0 radical (unpaired) electrons. The Bertz CT molecular complexity index is 1090. The lowest BCUT2D eigenvalue weighted by molar-refractivity contribution is -0.130. The fourth-order valence-electron chi connectivity index (χ4n) is 3.00. The number of methoxy groups -OCH3 is 1. The van der Waals surface area contributed by atoms with Crippen molar-refractivity contribution >= 4 is 55.8 Å². The van der Waals surface area contributed by atoms with Crippen molar-refractivity contribution < 1.29 is 29.0 Å². The second kappa shape index (κ2) is 10.2. The van der Waals surface area contributed by atoms with E-state index in [-0.39, 0.29) is 17.9 Å². The molecule has 1 aliphatic heterocycles. The molecule has 168 valence electrons. The number of aromatic hydroxyl groups is 1. The van der Waals surface area contributed by atoms with Crippen LogP contribution in [0.15, 0.2) is 44.9 Å². The van der Waals surface area contributed by atoms with Crippen LogP contribution in [0.5, 0.6) is 17.2 Å². The molecular formula is C22H20Br2N2O6. The molecular weight excluding hydrogens is 548 g/mol. The van der Waals surface area contributed by atoms with Crippen LogP contribution in [0.4, 0.5) is 4.79 Å². The fraction of sp³-hybridized carbons (Fsp3) is 0.227. The van der Waals surface area contributed by atoms with Crippen molar-refractivity contribution in [1.29, 1.82) is 0 Å². The Balaban J connectivity index is 1.89. The van der Waals surface area contributed by atoms with Gasteiger partial charge in [-0.2, -0.15) is 0 Å². The van der Waals surface area contributed by atoms with Crippen LogP contribution in [0.25, 0.3) is 6.08 Å². The number of imide groups is 2. The molecule has 1 heterocycles. The molecule has 10 heteroatoms. The van der Waals surface area contributed by atoms with E-state index in [2.05, 4.69) is 37.2 Å². The van der Waals surface area contributed by atoms with Gasteiger partial charge in [0.15, 0.2) is 11.5 Å². The number of phenolic OH excluding ortho intramolecular Hbond substituents is 1. The number of halogens is 2. The number of phenols is 1. The lowest BCUT2D eigenvalue weighted by atomic mass is 10.1. The molecule has 0 aliphatic carbocycles. The Morgan fingerprint density at radius 3 is 2.41 bits per heavy atom. The van der Waals surface area contributed by atoms with E-state index in [0.29, 0.717) is 38.2 Å². The number of carbonyl (C=O) groups excluding carboxylic acids is 3. The summed E-state index contributed by atoms with van der Waals surface area (Å²) in [5.74, 6) is -0.497. The highest BCUT2D eigenvalue weighted by Crippen LogP contribution is 2.34.